The fraction of sp³-hybridized carbons (Fsp3) is 0.714. The summed E-state index contributed by atoms with van der Waals surface area (Å²) in [6.45, 7) is 6.47. The van der Waals surface area contributed by atoms with Crippen LogP contribution in [0.4, 0.5) is 5.82 Å². The zero-order chi connectivity index (χ0) is 13.4. The van der Waals surface area contributed by atoms with E-state index in [0.717, 1.165) is 30.2 Å². The summed E-state index contributed by atoms with van der Waals surface area (Å²) < 4.78 is 1.86. The van der Waals surface area contributed by atoms with E-state index >= 15 is 0 Å². The molecule has 0 spiro atoms. The third-order valence-corrected chi connectivity index (χ3v) is 4.42. The van der Waals surface area contributed by atoms with Gasteiger partial charge in [0.1, 0.15) is 17.5 Å². The molecule has 0 saturated carbocycles. The van der Waals surface area contributed by atoms with E-state index < -0.39 is 0 Å². The van der Waals surface area contributed by atoms with Crippen molar-refractivity contribution in [2.75, 3.05) is 31.1 Å². The molecule has 102 valence electrons. The third-order valence-electron chi connectivity index (χ3n) is 4.42. The lowest BCUT2D eigenvalue weighted by Gasteiger charge is -2.24. The molecule has 3 heterocycles. The van der Waals surface area contributed by atoms with Gasteiger partial charge in [-0.2, -0.15) is 10.4 Å². The van der Waals surface area contributed by atoms with Gasteiger partial charge in [0.05, 0.1) is 5.69 Å². The number of nitrogens with zero attached hydrogens (tertiary/aromatic N) is 5. The first-order valence-electron chi connectivity index (χ1n) is 7.13. The molecular formula is C14H21N5. The number of likely N-dealkylation sites (tertiary alicyclic amines) is 1. The van der Waals surface area contributed by atoms with Crippen molar-refractivity contribution >= 4 is 5.82 Å². The van der Waals surface area contributed by atoms with Crippen molar-refractivity contribution in [3.63, 3.8) is 0 Å². The summed E-state index contributed by atoms with van der Waals surface area (Å²) in [5.41, 5.74) is 1.58. The van der Waals surface area contributed by atoms with E-state index in [4.69, 9.17) is 0 Å². The molecule has 2 saturated heterocycles. The quantitative estimate of drug-likeness (QED) is 0.802. The molecule has 19 heavy (non-hydrogen) atoms. The monoisotopic (exact) mass is 259 g/mol. The molecule has 0 amide bonds. The van der Waals surface area contributed by atoms with E-state index in [1.54, 1.807) is 0 Å². The Labute approximate surface area is 114 Å². The molecule has 0 aliphatic carbocycles. The number of hydrogen-bond acceptors (Lipinski definition) is 4. The van der Waals surface area contributed by atoms with Crippen molar-refractivity contribution in [2.24, 2.45) is 7.05 Å². The number of rotatable bonds is 2. The van der Waals surface area contributed by atoms with Gasteiger partial charge in [0.25, 0.3) is 0 Å². The molecule has 5 nitrogen and oxygen atoms in total. The predicted molar refractivity (Wildman–Crippen MR) is 74.1 cm³/mol. The van der Waals surface area contributed by atoms with Crippen molar-refractivity contribution in [3.05, 3.63) is 11.3 Å². The fourth-order valence-electron chi connectivity index (χ4n) is 3.48. The highest BCUT2D eigenvalue weighted by Crippen LogP contribution is 2.28. The van der Waals surface area contributed by atoms with E-state index in [0.29, 0.717) is 6.04 Å². The minimum Gasteiger partial charge on any atom is -0.354 e. The standard InChI is InChI=1S/C14H21N5/c1-11-13(9-15)14(17(2)16-11)19-8-5-12(10-19)18-6-3-4-7-18/h12H,3-8,10H2,1-2H3. The summed E-state index contributed by atoms with van der Waals surface area (Å²) in [7, 11) is 1.94. The van der Waals surface area contributed by atoms with E-state index in [2.05, 4.69) is 21.0 Å². The Kier molecular flexibility index (Phi) is 3.19. The van der Waals surface area contributed by atoms with Crippen LogP contribution in [0.2, 0.25) is 0 Å². The maximum Gasteiger partial charge on any atom is 0.145 e. The topological polar surface area (TPSA) is 48.1 Å². The van der Waals surface area contributed by atoms with Crippen LogP contribution in [-0.4, -0.2) is 46.9 Å². The molecular weight excluding hydrogens is 238 g/mol. The first kappa shape index (κ1) is 12.5. The van der Waals surface area contributed by atoms with Crippen LogP contribution in [0, 0.1) is 18.3 Å². The second kappa shape index (κ2) is 4.86. The lowest BCUT2D eigenvalue weighted by molar-refractivity contribution is 0.260. The number of aryl methyl sites for hydroxylation is 2. The lowest BCUT2D eigenvalue weighted by atomic mass is 10.2. The molecule has 0 bridgehead atoms. The Bertz CT molecular complexity index is 507. The first-order chi connectivity index (χ1) is 9.20. The third kappa shape index (κ3) is 2.10. The van der Waals surface area contributed by atoms with Crippen molar-refractivity contribution in [1.29, 1.82) is 5.26 Å². The molecule has 0 aromatic carbocycles. The highest BCUT2D eigenvalue weighted by Gasteiger charge is 2.32. The Hall–Kier alpha value is -1.54. The van der Waals surface area contributed by atoms with Gasteiger partial charge in [-0.25, -0.2) is 0 Å². The SMILES string of the molecule is Cc1nn(C)c(N2CCC(N3CCCC3)C2)c1C#N. The van der Waals surface area contributed by atoms with Crippen LogP contribution in [0.3, 0.4) is 0 Å². The zero-order valence-electron chi connectivity index (χ0n) is 11.8. The Balaban J connectivity index is 1.79. The van der Waals surface area contributed by atoms with Crippen LogP contribution in [-0.2, 0) is 7.05 Å². The van der Waals surface area contributed by atoms with Crippen LogP contribution in [0.5, 0.6) is 0 Å². The highest BCUT2D eigenvalue weighted by molar-refractivity contribution is 5.57. The number of hydrogen-bond donors (Lipinski definition) is 0. The average molecular weight is 259 g/mol. The number of anilines is 1. The van der Waals surface area contributed by atoms with Crippen LogP contribution < -0.4 is 4.90 Å². The minimum atomic E-state index is 0.657. The average Bonchev–Trinajstić information content (AvgIpc) is 3.07. The largest absolute Gasteiger partial charge is 0.354 e. The van der Waals surface area contributed by atoms with Gasteiger partial charge in [-0.05, 0) is 39.3 Å². The molecule has 1 aromatic rings. The van der Waals surface area contributed by atoms with Crippen LogP contribution >= 0.6 is 0 Å². The van der Waals surface area contributed by atoms with Gasteiger partial charge in [0, 0.05) is 26.2 Å². The van der Waals surface area contributed by atoms with Gasteiger partial charge < -0.3 is 4.90 Å². The molecule has 2 fully saturated rings. The smallest absolute Gasteiger partial charge is 0.145 e. The summed E-state index contributed by atoms with van der Waals surface area (Å²) in [5.74, 6) is 1.00. The van der Waals surface area contributed by atoms with Gasteiger partial charge in [0.15, 0.2) is 0 Å². The maximum atomic E-state index is 9.31. The van der Waals surface area contributed by atoms with E-state index in [-0.39, 0.29) is 0 Å². The summed E-state index contributed by atoms with van der Waals surface area (Å²) in [6, 6.07) is 2.96. The first-order valence-corrected chi connectivity index (χ1v) is 7.13. The number of nitriles is 1. The van der Waals surface area contributed by atoms with Crippen molar-refractivity contribution in [3.8, 4) is 6.07 Å². The highest BCUT2D eigenvalue weighted by atomic mass is 15.4. The van der Waals surface area contributed by atoms with E-state index in [9.17, 15) is 5.26 Å². The second-order valence-electron chi connectivity index (χ2n) is 5.65. The number of aromatic nitrogens is 2. The van der Waals surface area contributed by atoms with Gasteiger partial charge >= 0.3 is 0 Å². The van der Waals surface area contributed by atoms with Crippen molar-refractivity contribution in [1.82, 2.24) is 14.7 Å². The summed E-state index contributed by atoms with van der Waals surface area (Å²) in [6.07, 6.45) is 3.88. The summed E-state index contributed by atoms with van der Waals surface area (Å²) in [5, 5.41) is 13.7. The molecule has 2 aliphatic heterocycles. The molecule has 3 rings (SSSR count). The molecule has 2 aliphatic rings. The van der Waals surface area contributed by atoms with Gasteiger partial charge in [-0.15, -0.1) is 0 Å². The fourth-order valence-corrected chi connectivity index (χ4v) is 3.48. The van der Waals surface area contributed by atoms with Crippen molar-refractivity contribution < 1.29 is 0 Å². The molecule has 5 heteroatoms. The minimum absolute atomic E-state index is 0.657. The van der Waals surface area contributed by atoms with Gasteiger partial charge in [0.2, 0.25) is 0 Å². The van der Waals surface area contributed by atoms with Crippen LogP contribution in [0.15, 0.2) is 0 Å². The van der Waals surface area contributed by atoms with E-state index in [1.165, 1.54) is 32.4 Å². The Morgan fingerprint density at radius 2 is 2.00 bits per heavy atom. The normalized spacial score (nSPS) is 24.1. The molecule has 1 aromatic heterocycles. The second-order valence-corrected chi connectivity index (χ2v) is 5.65. The Morgan fingerprint density at radius 3 is 2.68 bits per heavy atom. The zero-order valence-corrected chi connectivity index (χ0v) is 11.8. The molecule has 1 unspecified atom stereocenters. The van der Waals surface area contributed by atoms with Crippen LogP contribution in [0.1, 0.15) is 30.5 Å². The van der Waals surface area contributed by atoms with Gasteiger partial charge in [-0.3, -0.25) is 9.58 Å². The molecule has 0 N–H and O–H groups in total. The Morgan fingerprint density at radius 1 is 1.26 bits per heavy atom. The summed E-state index contributed by atoms with van der Waals surface area (Å²) >= 11 is 0. The molecule has 1 atom stereocenters. The van der Waals surface area contributed by atoms with Gasteiger partial charge in [-0.1, -0.05) is 0 Å². The summed E-state index contributed by atoms with van der Waals surface area (Å²) in [4.78, 5) is 4.94. The van der Waals surface area contributed by atoms with Crippen molar-refractivity contribution in [2.45, 2.75) is 32.2 Å². The predicted octanol–water partition coefficient (Wildman–Crippen LogP) is 1.27. The molecule has 0 radical (unpaired) electrons. The van der Waals surface area contributed by atoms with Crippen LogP contribution in [0.25, 0.3) is 0 Å². The van der Waals surface area contributed by atoms with E-state index in [1.807, 2.05) is 18.7 Å². The maximum absolute atomic E-state index is 9.31. The lowest BCUT2D eigenvalue weighted by Crippen LogP contribution is -2.35.